The van der Waals surface area contributed by atoms with Crippen LogP contribution in [-0.2, 0) is 11.3 Å². The fourth-order valence-corrected chi connectivity index (χ4v) is 5.36. The number of amides is 1. The van der Waals surface area contributed by atoms with Crippen molar-refractivity contribution < 1.29 is 9.21 Å². The van der Waals surface area contributed by atoms with Crippen molar-refractivity contribution in [2.24, 2.45) is 0 Å². The van der Waals surface area contributed by atoms with Gasteiger partial charge in [0.25, 0.3) is 0 Å². The smallest absolute Gasteiger partial charge is 0.234 e. The van der Waals surface area contributed by atoms with Crippen molar-refractivity contribution >= 4 is 50.6 Å². The summed E-state index contributed by atoms with van der Waals surface area (Å²) in [5, 5.41) is 13.3. The molecule has 0 saturated heterocycles. The maximum absolute atomic E-state index is 12.7. The van der Waals surface area contributed by atoms with Crippen LogP contribution in [0.2, 0.25) is 0 Å². The number of furan rings is 1. The summed E-state index contributed by atoms with van der Waals surface area (Å²) >= 11 is 2.79. The number of anilines is 2. The Balaban J connectivity index is 1.43. The number of fused-ring (bicyclic) bond motifs is 1. The second-order valence-corrected chi connectivity index (χ2v) is 9.77. The zero-order chi connectivity index (χ0) is 23.7. The Morgan fingerprint density at radius 1 is 1.21 bits per heavy atom. The van der Waals surface area contributed by atoms with Crippen molar-refractivity contribution in [2.75, 3.05) is 16.8 Å². The molecule has 4 heterocycles. The van der Waals surface area contributed by atoms with Crippen LogP contribution in [0.3, 0.4) is 0 Å². The molecule has 4 aromatic heterocycles. The summed E-state index contributed by atoms with van der Waals surface area (Å²) in [6.45, 7) is 4.38. The summed E-state index contributed by atoms with van der Waals surface area (Å²) < 4.78 is 7.49. The molecule has 0 aliphatic carbocycles. The number of hydrogen-bond donors (Lipinski definition) is 2. The summed E-state index contributed by atoms with van der Waals surface area (Å²) in [4.78, 5) is 18.7. The first-order chi connectivity index (χ1) is 16.5. The van der Waals surface area contributed by atoms with Crippen LogP contribution < -0.4 is 11.1 Å². The summed E-state index contributed by atoms with van der Waals surface area (Å²) in [6, 6.07) is 13.5. The van der Waals surface area contributed by atoms with Gasteiger partial charge >= 0.3 is 0 Å². The first-order valence-electron chi connectivity index (χ1n) is 10.6. The molecule has 8 nitrogen and oxygen atoms in total. The molecule has 10 heteroatoms. The number of aryl methyl sites for hydroxylation is 2. The van der Waals surface area contributed by atoms with Crippen LogP contribution in [-0.4, -0.2) is 31.4 Å². The van der Waals surface area contributed by atoms with Crippen LogP contribution in [0.25, 0.3) is 20.9 Å². The Kier molecular flexibility index (Phi) is 6.08. The number of nitrogens with two attached hydrogens (primary N) is 1. The van der Waals surface area contributed by atoms with Gasteiger partial charge in [-0.3, -0.25) is 9.36 Å². The molecular weight excluding hydrogens is 468 g/mol. The number of thioether (sulfide) groups is 1. The van der Waals surface area contributed by atoms with Gasteiger partial charge in [-0.1, -0.05) is 23.9 Å². The van der Waals surface area contributed by atoms with Gasteiger partial charge in [-0.25, -0.2) is 4.98 Å². The van der Waals surface area contributed by atoms with E-state index in [2.05, 4.69) is 20.5 Å². The van der Waals surface area contributed by atoms with E-state index >= 15 is 0 Å². The third-order valence-corrected chi connectivity index (χ3v) is 7.41. The van der Waals surface area contributed by atoms with Crippen LogP contribution in [0.1, 0.15) is 16.9 Å². The van der Waals surface area contributed by atoms with Crippen LogP contribution >= 0.6 is 23.1 Å². The fourth-order valence-electron chi connectivity index (χ4n) is 3.57. The lowest BCUT2D eigenvalue weighted by Gasteiger charge is -2.10. The molecule has 0 unspecified atom stereocenters. The topological polar surface area (TPSA) is 112 Å². The minimum Gasteiger partial charge on any atom is -0.467 e. The van der Waals surface area contributed by atoms with Crippen LogP contribution in [0, 0.1) is 13.8 Å². The van der Waals surface area contributed by atoms with Gasteiger partial charge in [0.05, 0.1) is 29.1 Å². The Hall–Kier alpha value is -3.63. The Morgan fingerprint density at radius 2 is 2.09 bits per heavy atom. The minimum atomic E-state index is -0.113. The van der Waals surface area contributed by atoms with E-state index in [1.807, 2.05) is 60.9 Å². The highest BCUT2D eigenvalue weighted by molar-refractivity contribution is 7.99. The van der Waals surface area contributed by atoms with Crippen LogP contribution in [0.4, 0.5) is 11.4 Å². The lowest BCUT2D eigenvalue weighted by molar-refractivity contribution is -0.113. The molecule has 1 amide bonds. The average molecular weight is 491 g/mol. The van der Waals surface area contributed by atoms with Crippen molar-refractivity contribution in [3.05, 3.63) is 71.8 Å². The molecule has 0 aliphatic heterocycles. The number of nitrogens with zero attached hydrogens (tertiary/aromatic N) is 4. The maximum Gasteiger partial charge on any atom is 0.234 e. The van der Waals surface area contributed by atoms with Gasteiger partial charge < -0.3 is 15.5 Å². The molecule has 0 bridgehead atoms. The number of aromatic nitrogens is 4. The van der Waals surface area contributed by atoms with Gasteiger partial charge in [-0.05, 0) is 55.3 Å². The molecule has 0 atom stereocenters. The zero-order valence-electron chi connectivity index (χ0n) is 18.6. The molecule has 5 aromatic rings. The number of nitrogens with one attached hydrogen (secondary N) is 1. The van der Waals surface area contributed by atoms with Gasteiger partial charge in [-0.15, -0.1) is 21.5 Å². The van der Waals surface area contributed by atoms with Gasteiger partial charge in [0.1, 0.15) is 10.6 Å². The van der Waals surface area contributed by atoms with Crippen molar-refractivity contribution in [3.63, 3.8) is 0 Å². The molecule has 1 aromatic carbocycles. The SMILES string of the molecule is Cc1ccc(C)c(NC(=O)CSc2nnc(-c3sc4ncccc4c3N)n2Cc2ccco2)c1. The van der Waals surface area contributed by atoms with E-state index in [0.29, 0.717) is 23.2 Å². The molecule has 172 valence electrons. The van der Waals surface area contributed by atoms with Crippen molar-refractivity contribution in [1.29, 1.82) is 0 Å². The maximum atomic E-state index is 12.7. The lowest BCUT2D eigenvalue weighted by Crippen LogP contribution is -2.15. The fraction of sp³-hybridized carbons (Fsp3) is 0.167. The summed E-state index contributed by atoms with van der Waals surface area (Å²) in [5.74, 6) is 1.45. The molecular formula is C24H22N6O2S2. The second kappa shape index (κ2) is 9.32. The molecule has 3 N–H and O–H groups in total. The Bertz CT molecular complexity index is 1470. The predicted molar refractivity (Wildman–Crippen MR) is 136 cm³/mol. The number of benzene rings is 1. The summed E-state index contributed by atoms with van der Waals surface area (Å²) in [7, 11) is 0. The number of pyridine rings is 1. The van der Waals surface area contributed by atoms with E-state index in [0.717, 1.165) is 37.7 Å². The second-order valence-electron chi connectivity index (χ2n) is 7.83. The summed E-state index contributed by atoms with van der Waals surface area (Å²) in [6.07, 6.45) is 3.37. The summed E-state index contributed by atoms with van der Waals surface area (Å²) in [5.41, 5.74) is 9.99. The normalized spacial score (nSPS) is 11.2. The number of rotatable bonds is 7. The highest BCUT2D eigenvalue weighted by atomic mass is 32.2. The van der Waals surface area contributed by atoms with Crippen LogP contribution in [0.15, 0.2) is 64.5 Å². The third-order valence-electron chi connectivity index (χ3n) is 5.32. The number of carbonyl (C=O) groups is 1. The predicted octanol–water partition coefficient (Wildman–Crippen LogP) is 5.13. The lowest BCUT2D eigenvalue weighted by atomic mass is 10.1. The molecule has 34 heavy (non-hydrogen) atoms. The largest absolute Gasteiger partial charge is 0.467 e. The Labute approximate surface area is 204 Å². The molecule has 0 fully saturated rings. The van der Waals surface area contributed by atoms with Crippen LogP contribution in [0.5, 0.6) is 0 Å². The van der Waals surface area contributed by atoms with E-state index in [4.69, 9.17) is 10.2 Å². The minimum absolute atomic E-state index is 0.113. The van der Waals surface area contributed by atoms with Crippen molar-refractivity contribution in [3.8, 4) is 10.7 Å². The highest BCUT2D eigenvalue weighted by Crippen LogP contribution is 2.40. The first-order valence-corrected chi connectivity index (χ1v) is 12.4. The average Bonchev–Trinajstić information content (AvgIpc) is 3.55. The van der Waals surface area contributed by atoms with Gasteiger partial charge in [-0.2, -0.15) is 0 Å². The third kappa shape index (κ3) is 4.42. The van der Waals surface area contributed by atoms with E-state index in [1.54, 1.807) is 12.5 Å². The first kappa shape index (κ1) is 22.2. The number of hydrogen-bond acceptors (Lipinski definition) is 8. The standard InChI is InChI=1S/C24H22N6O2S2/c1-14-7-8-15(2)18(11-14)27-19(31)13-33-24-29-28-22(30(24)12-16-5-4-10-32-16)21-20(25)17-6-3-9-26-23(17)34-21/h3-11H,12-13,25H2,1-2H3,(H,27,31). The van der Waals surface area contributed by atoms with E-state index in [9.17, 15) is 4.79 Å². The zero-order valence-corrected chi connectivity index (χ0v) is 20.2. The van der Waals surface area contributed by atoms with Gasteiger partial charge in [0.2, 0.25) is 5.91 Å². The highest BCUT2D eigenvalue weighted by Gasteiger charge is 2.22. The van der Waals surface area contributed by atoms with E-state index < -0.39 is 0 Å². The molecule has 5 rings (SSSR count). The molecule has 0 aliphatic rings. The molecule has 0 radical (unpaired) electrons. The monoisotopic (exact) mass is 490 g/mol. The van der Waals surface area contributed by atoms with E-state index in [1.165, 1.54) is 23.1 Å². The van der Waals surface area contributed by atoms with E-state index in [-0.39, 0.29) is 11.7 Å². The molecule has 0 spiro atoms. The number of thiophene rings is 1. The number of nitrogen functional groups attached to an aromatic ring is 1. The van der Waals surface area contributed by atoms with Gasteiger partial charge in [0.15, 0.2) is 11.0 Å². The number of carbonyl (C=O) groups excluding carboxylic acids is 1. The van der Waals surface area contributed by atoms with Crippen molar-refractivity contribution in [2.45, 2.75) is 25.5 Å². The van der Waals surface area contributed by atoms with Crippen molar-refractivity contribution in [1.82, 2.24) is 19.7 Å². The quantitative estimate of drug-likeness (QED) is 0.304. The Morgan fingerprint density at radius 3 is 2.88 bits per heavy atom. The molecule has 0 saturated carbocycles. The van der Waals surface area contributed by atoms with Gasteiger partial charge in [0, 0.05) is 17.3 Å².